The second-order valence-corrected chi connectivity index (χ2v) is 16.2. The minimum Gasteiger partial charge on any atom is -0.103 e. The van der Waals surface area contributed by atoms with Crippen LogP contribution in [0.4, 0.5) is 0 Å². The van der Waals surface area contributed by atoms with E-state index in [0.717, 1.165) is 5.54 Å². The fourth-order valence-corrected chi connectivity index (χ4v) is 13.6. The molecule has 0 spiro atoms. The summed E-state index contributed by atoms with van der Waals surface area (Å²) in [5.74, 6) is 0.692. The van der Waals surface area contributed by atoms with Crippen molar-refractivity contribution >= 4 is 30.6 Å². The molecular weight excluding hydrogens is 460 g/mol. The lowest BCUT2D eigenvalue weighted by molar-refractivity contribution is 0.410. The minimum atomic E-state index is -2.05. The Kier molecular flexibility index (Phi) is 12.2. The minimum absolute atomic E-state index is 0.692. The molecule has 0 bridgehead atoms. The maximum atomic E-state index is 4.14. The molecule has 2 aromatic carbocycles. The fraction of sp³-hybridized carbons (Fsp3) is 0.500. The van der Waals surface area contributed by atoms with Crippen LogP contribution in [0.1, 0.15) is 108 Å². The van der Waals surface area contributed by atoms with Crippen molar-refractivity contribution in [2.24, 2.45) is 5.92 Å². The molecule has 1 atom stereocenters. The first kappa shape index (κ1) is 29.4. The third-order valence-corrected chi connectivity index (χ3v) is 15.6. The Balaban J connectivity index is 1.93. The van der Waals surface area contributed by atoms with Crippen LogP contribution in [0.2, 0.25) is 11.1 Å². The summed E-state index contributed by atoms with van der Waals surface area (Å²) in [7, 11) is -2.05. The van der Waals surface area contributed by atoms with Crippen LogP contribution in [0.3, 0.4) is 0 Å². The Hall–Kier alpha value is -2.12. The molecule has 1 unspecified atom stereocenters. The van der Waals surface area contributed by atoms with Gasteiger partial charge in [0.2, 0.25) is 0 Å². The lowest BCUT2D eigenvalue weighted by Gasteiger charge is -2.47. The van der Waals surface area contributed by atoms with Gasteiger partial charge in [0.25, 0.3) is 0 Å². The zero-order chi connectivity index (χ0) is 26.5. The van der Waals surface area contributed by atoms with Crippen LogP contribution in [0.25, 0.3) is 12.2 Å². The molecule has 1 aliphatic rings. The molecule has 200 valence electrons. The fourth-order valence-electron chi connectivity index (χ4n) is 7.02. The van der Waals surface area contributed by atoms with Crippen molar-refractivity contribution in [3.8, 4) is 0 Å². The van der Waals surface area contributed by atoms with Gasteiger partial charge in [-0.2, -0.15) is 0 Å². The highest BCUT2D eigenvalue weighted by atomic mass is 28.3. The van der Waals surface area contributed by atoms with Crippen LogP contribution in [-0.4, -0.2) is 8.07 Å². The molecule has 0 saturated heterocycles. The lowest BCUT2D eigenvalue weighted by Crippen LogP contribution is -2.64. The van der Waals surface area contributed by atoms with Gasteiger partial charge in [-0.1, -0.05) is 175 Å². The summed E-state index contributed by atoms with van der Waals surface area (Å²) in [4.78, 5) is 0. The molecule has 0 radical (unpaired) electrons. The molecule has 0 aliphatic heterocycles. The van der Waals surface area contributed by atoms with Gasteiger partial charge in [-0.15, -0.1) is 6.58 Å². The van der Waals surface area contributed by atoms with Crippen LogP contribution < -0.4 is 10.4 Å². The zero-order valence-electron chi connectivity index (χ0n) is 23.9. The summed E-state index contributed by atoms with van der Waals surface area (Å²) in [6.45, 7) is 17.1. The number of hydrogen-bond donors (Lipinski definition) is 0. The molecule has 0 amide bonds. The van der Waals surface area contributed by atoms with E-state index in [1.807, 2.05) is 12.2 Å². The Morgan fingerprint density at radius 2 is 1.16 bits per heavy atom. The number of benzene rings is 2. The summed E-state index contributed by atoms with van der Waals surface area (Å²) in [5.41, 5.74) is 3.93. The van der Waals surface area contributed by atoms with E-state index >= 15 is 0 Å². The van der Waals surface area contributed by atoms with E-state index in [2.05, 4.69) is 88.2 Å². The lowest BCUT2D eigenvalue weighted by atomic mass is 9.89. The van der Waals surface area contributed by atoms with E-state index in [9.17, 15) is 0 Å². The predicted molar refractivity (Wildman–Crippen MR) is 171 cm³/mol. The number of hydrogen-bond acceptors (Lipinski definition) is 0. The van der Waals surface area contributed by atoms with Gasteiger partial charge >= 0.3 is 0 Å². The molecule has 0 heterocycles. The van der Waals surface area contributed by atoms with E-state index in [-0.39, 0.29) is 0 Å². The maximum absolute atomic E-state index is 4.14. The van der Waals surface area contributed by atoms with Crippen LogP contribution in [0, 0.1) is 5.92 Å². The molecule has 1 heteroatoms. The summed E-state index contributed by atoms with van der Waals surface area (Å²) in [6, 6.07) is 19.1. The molecule has 1 aliphatic carbocycles. The van der Waals surface area contributed by atoms with Crippen molar-refractivity contribution < 1.29 is 0 Å². The smallest absolute Gasteiger partial charge is 0.103 e. The first-order valence-electron chi connectivity index (χ1n) is 15.2. The SMILES string of the molecule is C=Cc1ccc([Si](c2ccc(C=C)cc2)(C(C)CCCCCCCCCC)C2CCC(C=C)CC2)cc1. The van der Waals surface area contributed by atoms with Crippen molar-refractivity contribution in [1.29, 1.82) is 0 Å². The second kappa shape index (κ2) is 15.3. The van der Waals surface area contributed by atoms with E-state index in [4.69, 9.17) is 0 Å². The van der Waals surface area contributed by atoms with Crippen LogP contribution in [0.15, 0.2) is 74.3 Å². The van der Waals surface area contributed by atoms with Gasteiger partial charge in [-0.25, -0.2) is 0 Å². The van der Waals surface area contributed by atoms with Crippen molar-refractivity contribution in [3.05, 3.63) is 85.5 Å². The van der Waals surface area contributed by atoms with Crippen molar-refractivity contribution in [2.75, 3.05) is 0 Å². The van der Waals surface area contributed by atoms with Crippen LogP contribution in [0.5, 0.6) is 0 Å². The molecule has 37 heavy (non-hydrogen) atoms. The van der Waals surface area contributed by atoms with Gasteiger partial charge in [0.15, 0.2) is 0 Å². The maximum Gasteiger partial charge on any atom is 0.123 e. The Bertz CT molecular complexity index is 892. The Morgan fingerprint density at radius 3 is 1.59 bits per heavy atom. The number of unbranched alkanes of at least 4 members (excludes halogenated alkanes) is 7. The molecular formula is C36H52Si. The molecule has 1 fully saturated rings. The van der Waals surface area contributed by atoms with Crippen LogP contribution >= 0.6 is 0 Å². The van der Waals surface area contributed by atoms with Gasteiger partial charge in [0.05, 0.1) is 0 Å². The number of rotatable bonds is 16. The third-order valence-electron chi connectivity index (χ3n) is 9.27. The average Bonchev–Trinajstić information content (AvgIpc) is 2.96. The Morgan fingerprint density at radius 1 is 0.703 bits per heavy atom. The summed E-state index contributed by atoms with van der Waals surface area (Å²) >= 11 is 0. The average molecular weight is 513 g/mol. The monoisotopic (exact) mass is 512 g/mol. The van der Waals surface area contributed by atoms with E-state index < -0.39 is 8.07 Å². The molecule has 3 rings (SSSR count). The van der Waals surface area contributed by atoms with Gasteiger partial charge in [-0.3, -0.25) is 0 Å². The van der Waals surface area contributed by atoms with Gasteiger partial charge in [0.1, 0.15) is 8.07 Å². The molecule has 1 saturated carbocycles. The molecule has 0 N–H and O–H groups in total. The zero-order valence-corrected chi connectivity index (χ0v) is 24.9. The van der Waals surface area contributed by atoms with Crippen molar-refractivity contribution in [1.82, 2.24) is 0 Å². The quantitative estimate of drug-likeness (QED) is 0.119. The third kappa shape index (κ3) is 7.47. The number of allylic oxidation sites excluding steroid dienone is 1. The van der Waals surface area contributed by atoms with E-state index in [1.54, 1.807) is 10.4 Å². The van der Waals surface area contributed by atoms with Gasteiger partial charge < -0.3 is 0 Å². The van der Waals surface area contributed by atoms with E-state index in [0.29, 0.717) is 11.5 Å². The highest BCUT2D eigenvalue weighted by Crippen LogP contribution is 2.46. The molecule has 0 nitrogen and oxygen atoms in total. The largest absolute Gasteiger partial charge is 0.123 e. The standard InChI is InChI=1S/C36H52Si/c1-6-10-11-12-13-14-15-16-17-30(5)37(34-24-18-31(7-2)19-25-34,35-26-20-32(8-3)21-27-35)36-28-22-33(9-4)23-29-36/h7-9,18-21,24-27,30,33,36H,2-4,6,10-17,22-23,28-29H2,1,5H3. The molecule has 2 aromatic rings. The van der Waals surface area contributed by atoms with Crippen molar-refractivity contribution in [3.63, 3.8) is 0 Å². The predicted octanol–water partition coefficient (Wildman–Crippen LogP) is 10.2. The highest BCUT2D eigenvalue weighted by Gasteiger charge is 2.49. The first-order valence-corrected chi connectivity index (χ1v) is 17.3. The first-order chi connectivity index (χ1) is 18.1. The van der Waals surface area contributed by atoms with Gasteiger partial charge in [0, 0.05) is 0 Å². The van der Waals surface area contributed by atoms with Crippen LogP contribution in [-0.2, 0) is 0 Å². The van der Waals surface area contributed by atoms with E-state index in [1.165, 1.54) is 94.6 Å². The second-order valence-electron chi connectivity index (χ2n) is 11.5. The van der Waals surface area contributed by atoms with Crippen molar-refractivity contribution in [2.45, 2.75) is 108 Å². The summed E-state index contributed by atoms with van der Waals surface area (Å²) in [5, 5.41) is 3.25. The summed E-state index contributed by atoms with van der Waals surface area (Å²) < 4.78 is 0. The van der Waals surface area contributed by atoms with Gasteiger partial charge in [-0.05, 0) is 41.0 Å². The summed E-state index contributed by atoms with van der Waals surface area (Å²) in [6.07, 6.45) is 23.9. The topological polar surface area (TPSA) is 0 Å². The normalized spacial score (nSPS) is 18.8. The Labute approximate surface area is 230 Å². The molecule has 0 aromatic heterocycles. The highest BCUT2D eigenvalue weighted by molar-refractivity contribution is 7.04.